The number of rotatable bonds is 4. The summed E-state index contributed by atoms with van der Waals surface area (Å²) in [5.74, 6) is 1.27. The van der Waals surface area contributed by atoms with Crippen LogP contribution in [0.3, 0.4) is 0 Å². The molecule has 6 heterocycles. The molecule has 3 aliphatic heterocycles. The highest BCUT2D eigenvalue weighted by Crippen LogP contribution is 2.37. The van der Waals surface area contributed by atoms with Gasteiger partial charge in [0.2, 0.25) is 0 Å². The number of anilines is 1. The predicted octanol–water partition coefficient (Wildman–Crippen LogP) is 4.21. The molecular formula is C27H26FN7O. The van der Waals surface area contributed by atoms with Gasteiger partial charge in [-0.1, -0.05) is 12.1 Å². The number of aromatic amines is 2. The van der Waals surface area contributed by atoms with Gasteiger partial charge in [0.05, 0.1) is 27.9 Å². The number of pyridine rings is 1. The van der Waals surface area contributed by atoms with Crippen molar-refractivity contribution < 1.29 is 4.39 Å². The predicted molar refractivity (Wildman–Crippen MR) is 138 cm³/mol. The van der Waals surface area contributed by atoms with E-state index in [1.807, 2.05) is 31.2 Å². The van der Waals surface area contributed by atoms with Gasteiger partial charge in [0.1, 0.15) is 23.0 Å². The summed E-state index contributed by atoms with van der Waals surface area (Å²) in [6.45, 7) is 4.94. The quantitative estimate of drug-likeness (QED) is 0.356. The first kappa shape index (κ1) is 21.3. The van der Waals surface area contributed by atoms with Crippen molar-refractivity contribution in [3.8, 4) is 17.1 Å². The Bertz CT molecular complexity index is 1640. The molecule has 0 amide bonds. The average Bonchev–Trinajstić information content (AvgIpc) is 3.51. The number of benzene rings is 2. The average molecular weight is 484 g/mol. The Labute approximate surface area is 206 Å². The molecule has 2 bridgehead atoms. The first-order valence-electron chi connectivity index (χ1n) is 12.4. The van der Waals surface area contributed by atoms with Crippen LogP contribution in [0.25, 0.3) is 39.0 Å². The van der Waals surface area contributed by atoms with Crippen LogP contribution < -0.4 is 10.9 Å². The first-order valence-corrected chi connectivity index (χ1v) is 12.4. The van der Waals surface area contributed by atoms with Crippen molar-refractivity contribution in [2.75, 3.05) is 25.0 Å². The lowest BCUT2D eigenvalue weighted by Gasteiger charge is -2.45. The third-order valence-corrected chi connectivity index (χ3v) is 7.78. The Kier molecular flexibility index (Phi) is 4.75. The van der Waals surface area contributed by atoms with E-state index in [2.05, 4.69) is 25.2 Å². The Balaban J connectivity index is 1.45. The fourth-order valence-electron chi connectivity index (χ4n) is 5.88. The topological polar surface area (TPSA) is 94.6 Å². The Morgan fingerprint density at radius 1 is 1.11 bits per heavy atom. The van der Waals surface area contributed by atoms with Crippen molar-refractivity contribution in [2.24, 2.45) is 5.92 Å². The van der Waals surface area contributed by atoms with Gasteiger partial charge in [-0.2, -0.15) is 0 Å². The molecule has 3 aliphatic rings. The minimum absolute atomic E-state index is 0.180. The van der Waals surface area contributed by atoms with E-state index < -0.39 is 0 Å². The number of fused-ring (bicyclic) bond motifs is 5. The molecule has 0 unspecified atom stereocenters. The second-order valence-corrected chi connectivity index (χ2v) is 9.89. The fraction of sp³-hybridized carbons (Fsp3) is 0.296. The van der Waals surface area contributed by atoms with E-state index >= 15 is 4.39 Å². The van der Waals surface area contributed by atoms with E-state index in [9.17, 15) is 4.79 Å². The number of nitrogens with zero attached hydrogens (tertiary/aromatic N) is 4. The molecule has 3 N–H and O–H groups in total. The number of para-hydroxylation sites is 2. The summed E-state index contributed by atoms with van der Waals surface area (Å²) in [5.41, 5.74) is 3.29. The van der Waals surface area contributed by atoms with Crippen LogP contribution in [0.15, 0.2) is 53.6 Å². The molecule has 0 aliphatic carbocycles. The zero-order valence-corrected chi connectivity index (χ0v) is 19.9. The summed E-state index contributed by atoms with van der Waals surface area (Å²) in [6, 6.07) is 11.1. The zero-order valence-electron chi connectivity index (χ0n) is 19.9. The molecule has 8 nitrogen and oxygen atoms in total. The third kappa shape index (κ3) is 3.34. The maximum Gasteiger partial charge on any atom is 0.261 e. The molecule has 0 radical (unpaired) electrons. The summed E-state index contributed by atoms with van der Waals surface area (Å²) in [5, 5.41) is 4.32. The Morgan fingerprint density at radius 2 is 1.94 bits per heavy atom. The maximum absolute atomic E-state index is 15.6. The molecule has 182 valence electrons. The lowest BCUT2D eigenvalue weighted by Crippen LogP contribution is -2.53. The van der Waals surface area contributed by atoms with Gasteiger partial charge in [-0.3, -0.25) is 4.79 Å². The van der Waals surface area contributed by atoms with E-state index in [1.54, 1.807) is 23.0 Å². The van der Waals surface area contributed by atoms with Crippen LogP contribution in [-0.4, -0.2) is 55.1 Å². The van der Waals surface area contributed by atoms with Gasteiger partial charge in [-0.25, -0.2) is 14.4 Å². The van der Waals surface area contributed by atoms with Crippen LogP contribution in [0.5, 0.6) is 0 Å². The SMILES string of the molecule is Cc1nccn1-c1cc2[nH]c(=O)c(-c3nc4ccccc4[nH]3)c(N[C@H]3CN4CCC3CC4)c2cc1F. The number of piperidine rings is 3. The second-order valence-electron chi connectivity index (χ2n) is 9.89. The molecule has 3 fully saturated rings. The molecule has 8 rings (SSSR count). The van der Waals surface area contributed by atoms with Crippen LogP contribution in [0.1, 0.15) is 18.7 Å². The zero-order chi connectivity index (χ0) is 24.4. The lowest BCUT2D eigenvalue weighted by molar-refractivity contribution is 0.0976. The number of imidazole rings is 2. The summed E-state index contributed by atoms with van der Waals surface area (Å²) >= 11 is 0. The standard InChI is InChI=1S/C27H26FN7O/c1-15-29-8-11-35(15)23-13-21-17(12-18(23)28)25(30-22-14-34-9-6-16(22)7-10-34)24(27(36)33-21)26-31-19-4-2-3-5-20(19)32-26/h2-5,8,11-13,16,22H,6-7,9-10,14H2,1H3,(H,31,32)(H2,30,33,36)/t22-/m0/s1. The highest BCUT2D eigenvalue weighted by molar-refractivity contribution is 6.00. The number of halogens is 1. The van der Waals surface area contributed by atoms with Crippen LogP contribution >= 0.6 is 0 Å². The third-order valence-electron chi connectivity index (χ3n) is 7.78. The van der Waals surface area contributed by atoms with Gasteiger partial charge in [0, 0.05) is 30.4 Å². The fourth-order valence-corrected chi connectivity index (χ4v) is 5.88. The monoisotopic (exact) mass is 483 g/mol. The number of hydrogen-bond donors (Lipinski definition) is 3. The summed E-state index contributed by atoms with van der Waals surface area (Å²) < 4.78 is 17.3. The molecule has 1 atom stereocenters. The van der Waals surface area contributed by atoms with Crippen molar-refractivity contribution in [2.45, 2.75) is 25.8 Å². The molecule has 9 heteroatoms. The van der Waals surface area contributed by atoms with Crippen LogP contribution in [0.4, 0.5) is 10.1 Å². The smallest absolute Gasteiger partial charge is 0.261 e. The van der Waals surface area contributed by atoms with Crippen molar-refractivity contribution >= 4 is 27.6 Å². The van der Waals surface area contributed by atoms with Crippen LogP contribution in [0.2, 0.25) is 0 Å². The number of H-pyrrole nitrogens is 2. The minimum Gasteiger partial charge on any atom is -0.379 e. The van der Waals surface area contributed by atoms with Crippen molar-refractivity contribution in [3.63, 3.8) is 0 Å². The molecule has 3 aromatic heterocycles. The molecule has 0 saturated carbocycles. The molecule has 0 spiro atoms. The van der Waals surface area contributed by atoms with Crippen LogP contribution in [-0.2, 0) is 0 Å². The van der Waals surface area contributed by atoms with E-state index in [-0.39, 0.29) is 17.4 Å². The highest BCUT2D eigenvalue weighted by Gasteiger charge is 2.35. The summed E-state index contributed by atoms with van der Waals surface area (Å²) in [6.07, 6.45) is 5.59. The first-order chi connectivity index (χ1) is 17.5. The van der Waals surface area contributed by atoms with Crippen LogP contribution in [0, 0.1) is 18.7 Å². The number of hydrogen-bond acceptors (Lipinski definition) is 5. The van der Waals surface area contributed by atoms with E-state index in [0.29, 0.717) is 45.4 Å². The largest absolute Gasteiger partial charge is 0.379 e. The minimum atomic E-state index is -0.386. The highest BCUT2D eigenvalue weighted by atomic mass is 19.1. The van der Waals surface area contributed by atoms with Gasteiger partial charge in [-0.05, 0) is 63.0 Å². The second kappa shape index (κ2) is 8.03. The molecular weight excluding hydrogens is 457 g/mol. The van der Waals surface area contributed by atoms with Crippen molar-refractivity contribution in [1.82, 2.24) is 29.4 Å². The van der Waals surface area contributed by atoms with Gasteiger partial charge in [-0.15, -0.1) is 0 Å². The number of nitrogens with one attached hydrogen (secondary N) is 3. The van der Waals surface area contributed by atoms with Gasteiger partial charge < -0.3 is 24.8 Å². The van der Waals surface area contributed by atoms with Gasteiger partial charge in [0.15, 0.2) is 0 Å². The van der Waals surface area contributed by atoms with E-state index in [0.717, 1.165) is 43.5 Å². The Hall–Kier alpha value is -3.98. The number of aromatic nitrogens is 5. The molecule has 3 saturated heterocycles. The lowest BCUT2D eigenvalue weighted by atomic mass is 9.83. The summed E-state index contributed by atoms with van der Waals surface area (Å²) in [7, 11) is 0. The molecule has 5 aromatic rings. The molecule has 2 aromatic carbocycles. The summed E-state index contributed by atoms with van der Waals surface area (Å²) in [4.78, 5) is 31.3. The van der Waals surface area contributed by atoms with Crippen molar-refractivity contribution in [3.05, 3.63) is 70.8 Å². The van der Waals surface area contributed by atoms with E-state index in [4.69, 9.17) is 4.98 Å². The normalized spacial score (nSPS) is 21.4. The van der Waals surface area contributed by atoms with Gasteiger partial charge in [0.25, 0.3) is 5.56 Å². The molecule has 36 heavy (non-hydrogen) atoms. The van der Waals surface area contributed by atoms with Gasteiger partial charge >= 0.3 is 0 Å². The Morgan fingerprint density at radius 3 is 2.67 bits per heavy atom. The van der Waals surface area contributed by atoms with Crippen molar-refractivity contribution in [1.29, 1.82) is 0 Å². The maximum atomic E-state index is 15.6. The number of aryl methyl sites for hydroxylation is 1. The van der Waals surface area contributed by atoms with E-state index in [1.165, 1.54) is 6.07 Å².